The van der Waals surface area contributed by atoms with Crippen LogP contribution in [-0.2, 0) is 4.79 Å². The van der Waals surface area contributed by atoms with Crippen LogP contribution in [0.1, 0.15) is 24.5 Å². The Balaban J connectivity index is 2.48. The normalized spacial score (nSPS) is 11.8. The van der Waals surface area contributed by atoms with Crippen LogP contribution in [0, 0.1) is 6.92 Å². The summed E-state index contributed by atoms with van der Waals surface area (Å²) in [5, 5.41) is 2.71. The van der Waals surface area contributed by atoms with Crippen LogP contribution < -0.4 is 22.5 Å². The quantitative estimate of drug-likeness (QED) is 0.493. The van der Waals surface area contributed by atoms with Gasteiger partial charge in [0.05, 0.1) is 5.70 Å². The van der Waals surface area contributed by atoms with Gasteiger partial charge >= 0.3 is 0 Å². The predicted octanol–water partition coefficient (Wildman–Crippen LogP) is 1.75. The van der Waals surface area contributed by atoms with Crippen LogP contribution in [0.2, 0.25) is 0 Å². The summed E-state index contributed by atoms with van der Waals surface area (Å²) < 4.78 is 0. The number of nitrogens with one attached hydrogen (secondary N) is 1. The number of pyridine rings is 1. The second kappa shape index (κ2) is 7.50. The average molecular weight is 325 g/mol. The molecule has 7 N–H and O–H groups in total. The summed E-state index contributed by atoms with van der Waals surface area (Å²) in [6.45, 7) is 4.48. The van der Waals surface area contributed by atoms with Gasteiger partial charge in [-0.15, -0.1) is 0 Å². The Bertz CT molecular complexity index is 783. The van der Waals surface area contributed by atoms with Crippen LogP contribution in [0.15, 0.2) is 42.4 Å². The Hall–Kier alpha value is -3.02. The SMILES string of the molecule is CCCNC(=O)/C(N)=C(\N)c1cccc(-c2cnccc2C)c1N. The van der Waals surface area contributed by atoms with E-state index in [0.717, 1.165) is 23.1 Å². The van der Waals surface area contributed by atoms with E-state index in [1.54, 1.807) is 18.5 Å². The number of para-hydroxylation sites is 1. The molecule has 0 saturated carbocycles. The molecule has 2 rings (SSSR count). The van der Waals surface area contributed by atoms with Gasteiger partial charge in [0.2, 0.25) is 0 Å². The van der Waals surface area contributed by atoms with Gasteiger partial charge in [0.25, 0.3) is 5.91 Å². The fourth-order valence-corrected chi connectivity index (χ4v) is 2.38. The Morgan fingerprint density at radius 1 is 1.21 bits per heavy atom. The maximum absolute atomic E-state index is 12.0. The fourth-order valence-electron chi connectivity index (χ4n) is 2.38. The fraction of sp³-hybridized carbons (Fsp3) is 0.222. The molecule has 0 radical (unpaired) electrons. The number of carbonyl (C=O) groups is 1. The minimum Gasteiger partial charge on any atom is -0.398 e. The standard InChI is InChI=1S/C18H23N5O/c1-3-8-23-18(24)17(21)16(20)13-6-4-5-12(15(13)19)14-10-22-9-7-11(14)2/h4-7,9-10H,3,8,19-21H2,1-2H3,(H,23,24)/b17-16+. The summed E-state index contributed by atoms with van der Waals surface area (Å²) in [6.07, 6.45) is 4.29. The second-order valence-corrected chi connectivity index (χ2v) is 5.54. The molecule has 0 saturated heterocycles. The van der Waals surface area contributed by atoms with Crippen LogP contribution in [-0.4, -0.2) is 17.4 Å². The highest BCUT2D eigenvalue weighted by Gasteiger charge is 2.15. The zero-order valence-electron chi connectivity index (χ0n) is 14.0. The summed E-state index contributed by atoms with van der Waals surface area (Å²) in [7, 11) is 0. The second-order valence-electron chi connectivity index (χ2n) is 5.54. The van der Waals surface area contributed by atoms with E-state index in [1.165, 1.54) is 0 Å². The number of hydrogen-bond acceptors (Lipinski definition) is 5. The lowest BCUT2D eigenvalue weighted by atomic mass is 9.97. The Kier molecular flexibility index (Phi) is 5.42. The van der Waals surface area contributed by atoms with Crippen molar-refractivity contribution in [1.82, 2.24) is 10.3 Å². The smallest absolute Gasteiger partial charge is 0.269 e. The summed E-state index contributed by atoms with van der Waals surface area (Å²) in [5.41, 5.74) is 22.2. The summed E-state index contributed by atoms with van der Waals surface area (Å²) in [5.74, 6) is -0.392. The molecule has 0 unspecified atom stereocenters. The van der Waals surface area contributed by atoms with Crippen LogP contribution in [0.5, 0.6) is 0 Å². The van der Waals surface area contributed by atoms with Crippen molar-refractivity contribution in [2.45, 2.75) is 20.3 Å². The van der Waals surface area contributed by atoms with Crippen molar-refractivity contribution in [2.75, 3.05) is 12.3 Å². The highest BCUT2D eigenvalue weighted by atomic mass is 16.2. The van der Waals surface area contributed by atoms with Gasteiger partial charge in [-0.3, -0.25) is 9.78 Å². The van der Waals surface area contributed by atoms with Crippen LogP contribution in [0.4, 0.5) is 5.69 Å². The lowest BCUT2D eigenvalue weighted by Gasteiger charge is -2.14. The molecular weight excluding hydrogens is 302 g/mol. The first-order chi connectivity index (χ1) is 11.5. The number of nitrogen functional groups attached to an aromatic ring is 1. The van der Waals surface area contributed by atoms with E-state index in [0.29, 0.717) is 17.8 Å². The predicted molar refractivity (Wildman–Crippen MR) is 97.4 cm³/mol. The molecule has 6 nitrogen and oxygen atoms in total. The Morgan fingerprint density at radius 2 is 1.96 bits per heavy atom. The van der Waals surface area contributed by atoms with E-state index in [1.807, 2.05) is 32.0 Å². The van der Waals surface area contributed by atoms with Crippen molar-refractivity contribution in [3.8, 4) is 11.1 Å². The third kappa shape index (κ3) is 3.48. The number of aryl methyl sites for hydroxylation is 1. The number of carbonyl (C=O) groups excluding carboxylic acids is 1. The van der Waals surface area contributed by atoms with Gasteiger partial charge in [0.1, 0.15) is 5.70 Å². The minimum atomic E-state index is -0.392. The maximum Gasteiger partial charge on any atom is 0.269 e. The number of hydrogen-bond donors (Lipinski definition) is 4. The molecule has 0 aliphatic heterocycles. The van der Waals surface area contributed by atoms with Crippen molar-refractivity contribution in [1.29, 1.82) is 0 Å². The van der Waals surface area contributed by atoms with Gasteiger partial charge in [0, 0.05) is 41.3 Å². The number of amides is 1. The molecule has 24 heavy (non-hydrogen) atoms. The zero-order chi connectivity index (χ0) is 17.7. The molecule has 2 aromatic rings. The van der Waals surface area contributed by atoms with Gasteiger partial charge in [0.15, 0.2) is 0 Å². The van der Waals surface area contributed by atoms with Gasteiger partial charge in [-0.2, -0.15) is 0 Å². The van der Waals surface area contributed by atoms with Crippen molar-refractivity contribution in [3.63, 3.8) is 0 Å². The molecule has 1 aromatic carbocycles. The average Bonchev–Trinajstić information content (AvgIpc) is 2.59. The van der Waals surface area contributed by atoms with Crippen molar-refractivity contribution in [2.24, 2.45) is 11.5 Å². The number of nitrogens with zero attached hydrogens (tertiary/aromatic N) is 1. The number of benzene rings is 1. The highest BCUT2D eigenvalue weighted by Crippen LogP contribution is 2.32. The van der Waals surface area contributed by atoms with Gasteiger partial charge in [-0.25, -0.2) is 0 Å². The van der Waals surface area contributed by atoms with E-state index in [4.69, 9.17) is 17.2 Å². The first kappa shape index (κ1) is 17.3. The monoisotopic (exact) mass is 325 g/mol. The first-order valence-electron chi connectivity index (χ1n) is 7.80. The van der Waals surface area contributed by atoms with Crippen molar-refractivity contribution < 1.29 is 4.79 Å². The van der Waals surface area contributed by atoms with E-state index in [9.17, 15) is 4.79 Å². The van der Waals surface area contributed by atoms with Crippen LogP contribution >= 0.6 is 0 Å². The van der Waals surface area contributed by atoms with E-state index >= 15 is 0 Å². The molecule has 0 bridgehead atoms. The zero-order valence-corrected chi connectivity index (χ0v) is 14.0. The molecule has 0 aliphatic rings. The van der Waals surface area contributed by atoms with Gasteiger partial charge in [-0.1, -0.05) is 25.1 Å². The molecule has 0 aliphatic carbocycles. The number of rotatable bonds is 5. The molecule has 1 heterocycles. The molecule has 1 amide bonds. The first-order valence-corrected chi connectivity index (χ1v) is 7.80. The molecule has 0 spiro atoms. The van der Waals surface area contributed by atoms with Crippen LogP contribution in [0.25, 0.3) is 16.8 Å². The van der Waals surface area contributed by atoms with Crippen molar-refractivity contribution >= 4 is 17.3 Å². The molecule has 0 atom stereocenters. The lowest BCUT2D eigenvalue weighted by Crippen LogP contribution is -2.31. The minimum absolute atomic E-state index is 0.0322. The van der Waals surface area contributed by atoms with Gasteiger partial charge < -0.3 is 22.5 Å². The van der Waals surface area contributed by atoms with E-state index < -0.39 is 5.91 Å². The number of nitrogens with two attached hydrogens (primary N) is 3. The van der Waals surface area contributed by atoms with Gasteiger partial charge in [-0.05, 0) is 25.0 Å². The maximum atomic E-state index is 12.0. The van der Waals surface area contributed by atoms with E-state index in [2.05, 4.69) is 10.3 Å². The Labute approximate surface area is 141 Å². The van der Waals surface area contributed by atoms with E-state index in [-0.39, 0.29) is 11.4 Å². The Morgan fingerprint density at radius 3 is 2.62 bits per heavy atom. The molecular formula is C18H23N5O. The molecule has 1 aromatic heterocycles. The molecule has 6 heteroatoms. The third-order valence-corrected chi connectivity index (χ3v) is 3.80. The summed E-state index contributed by atoms with van der Waals surface area (Å²) in [6, 6.07) is 7.38. The number of aromatic nitrogens is 1. The molecule has 0 fully saturated rings. The third-order valence-electron chi connectivity index (χ3n) is 3.80. The number of anilines is 1. The lowest BCUT2D eigenvalue weighted by molar-refractivity contribution is -0.117. The summed E-state index contributed by atoms with van der Waals surface area (Å²) in [4.78, 5) is 16.2. The van der Waals surface area contributed by atoms with Crippen molar-refractivity contribution in [3.05, 3.63) is 53.5 Å². The summed E-state index contributed by atoms with van der Waals surface area (Å²) >= 11 is 0. The topological polar surface area (TPSA) is 120 Å². The largest absolute Gasteiger partial charge is 0.398 e. The van der Waals surface area contributed by atoms with Crippen LogP contribution in [0.3, 0.4) is 0 Å². The molecule has 126 valence electrons. The highest BCUT2D eigenvalue weighted by molar-refractivity contribution is 6.01.